The van der Waals surface area contributed by atoms with Crippen molar-refractivity contribution in [3.8, 4) is 5.75 Å². The lowest BCUT2D eigenvalue weighted by Gasteiger charge is -2.35. The molecule has 0 amide bonds. The van der Waals surface area contributed by atoms with Gasteiger partial charge in [-0.2, -0.15) is 9.61 Å². The fraction of sp³-hybridized carbons (Fsp3) is 0.318. The Labute approximate surface area is 179 Å². The highest BCUT2D eigenvalue weighted by Crippen LogP contribution is 2.20. The minimum atomic E-state index is 0.437. The van der Waals surface area contributed by atoms with Gasteiger partial charge in [-0.3, -0.25) is 4.90 Å². The lowest BCUT2D eigenvalue weighted by Crippen LogP contribution is -2.46. The van der Waals surface area contributed by atoms with Crippen molar-refractivity contribution in [2.75, 3.05) is 31.1 Å². The van der Waals surface area contributed by atoms with E-state index >= 15 is 0 Å². The summed E-state index contributed by atoms with van der Waals surface area (Å²) >= 11 is 1.53. The highest BCUT2D eigenvalue weighted by Gasteiger charge is 2.20. The Morgan fingerprint density at radius 3 is 2.60 bits per heavy atom. The van der Waals surface area contributed by atoms with Crippen molar-refractivity contribution in [3.63, 3.8) is 0 Å². The van der Waals surface area contributed by atoms with Gasteiger partial charge in [0.05, 0.1) is 6.54 Å². The third kappa shape index (κ3) is 4.15. The van der Waals surface area contributed by atoms with Crippen molar-refractivity contribution in [2.24, 2.45) is 0 Å². The first-order valence-electron chi connectivity index (χ1n) is 10.2. The van der Waals surface area contributed by atoms with Gasteiger partial charge in [-0.25, -0.2) is 0 Å². The number of aryl methyl sites for hydroxylation is 1. The first-order valence-corrected chi connectivity index (χ1v) is 11.0. The third-order valence-electron chi connectivity index (χ3n) is 5.31. The number of nitrogens with zero attached hydrogens (tertiary/aromatic N) is 6. The molecule has 0 N–H and O–H groups in total. The lowest BCUT2D eigenvalue weighted by molar-refractivity contribution is 0.242. The van der Waals surface area contributed by atoms with Gasteiger partial charge in [-0.15, -0.1) is 10.2 Å². The highest BCUT2D eigenvalue weighted by atomic mass is 32.1. The van der Waals surface area contributed by atoms with Crippen LogP contribution in [0, 0.1) is 6.92 Å². The van der Waals surface area contributed by atoms with Crippen LogP contribution < -0.4 is 9.64 Å². The Bertz CT molecular complexity index is 1120. The van der Waals surface area contributed by atoms with Crippen LogP contribution in [0.3, 0.4) is 0 Å². The second-order valence-electron chi connectivity index (χ2n) is 7.51. The number of hydrogen-bond donors (Lipinski definition) is 0. The zero-order valence-electron chi connectivity index (χ0n) is 16.9. The molecule has 0 bridgehead atoms. The Morgan fingerprint density at radius 1 is 0.967 bits per heavy atom. The van der Waals surface area contributed by atoms with E-state index in [4.69, 9.17) is 4.74 Å². The molecule has 5 rings (SSSR count). The molecule has 30 heavy (non-hydrogen) atoms. The quantitative estimate of drug-likeness (QED) is 0.477. The first-order chi connectivity index (χ1) is 14.7. The van der Waals surface area contributed by atoms with Gasteiger partial charge in [-0.05, 0) is 36.8 Å². The Kier molecular flexibility index (Phi) is 5.33. The molecule has 1 aliphatic rings. The van der Waals surface area contributed by atoms with Gasteiger partial charge in [0.2, 0.25) is 4.96 Å². The maximum atomic E-state index is 5.89. The van der Waals surface area contributed by atoms with Crippen LogP contribution in [0.15, 0.2) is 54.6 Å². The van der Waals surface area contributed by atoms with Crippen LogP contribution in [0.4, 0.5) is 5.69 Å². The van der Waals surface area contributed by atoms with Crippen LogP contribution in [-0.2, 0) is 13.2 Å². The van der Waals surface area contributed by atoms with E-state index in [1.165, 1.54) is 22.6 Å². The maximum Gasteiger partial charge on any atom is 0.234 e. The number of hydrogen-bond acceptors (Lipinski definition) is 7. The predicted molar refractivity (Wildman–Crippen MR) is 118 cm³/mol. The molecule has 8 heteroatoms. The molecule has 1 fully saturated rings. The number of rotatable bonds is 6. The van der Waals surface area contributed by atoms with E-state index in [0.29, 0.717) is 6.61 Å². The van der Waals surface area contributed by atoms with Crippen molar-refractivity contribution in [1.29, 1.82) is 0 Å². The molecule has 0 spiro atoms. The zero-order chi connectivity index (χ0) is 20.3. The molecule has 0 saturated carbocycles. The molecule has 4 aromatic rings. The van der Waals surface area contributed by atoms with Gasteiger partial charge in [0.25, 0.3) is 0 Å². The van der Waals surface area contributed by atoms with Gasteiger partial charge in [0, 0.05) is 31.9 Å². The van der Waals surface area contributed by atoms with Crippen LogP contribution in [0.1, 0.15) is 16.4 Å². The Morgan fingerprint density at radius 2 is 1.80 bits per heavy atom. The molecular weight excluding hydrogens is 396 g/mol. The average Bonchev–Trinajstić information content (AvgIpc) is 3.35. The monoisotopic (exact) mass is 420 g/mol. The summed E-state index contributed by atoms with van der Waals surface area (Å²) in [6.45, 7) is 7.27. The van der Waals surface area contributed by atoms with E-state index in [9.17, 15) is 0 Å². The van der Waals surface area contributed by atoms with E-state index in [0.717, 1.165) is 54.3 Å². The zero-order valence-corrected chi connectivity index (χ0v) is 17.8. The number of piperazine rings is 1. The fourth-order valence-corrected chi connectivity index (χ4v) is 4.47. The van der Waals surface area contributed by atoms with Crippen molar-refractivity contribution in [3.05, 3.63) is 71.0 Å². The van der Waals surface area contributed by atoms with E-state index < -0.39 is 0 Å². The summed E-state index contributed by atoms with van der Waals surface area (Å²) in [7, 11) is 0. The first kappa shape index (κ1) is 19.0. The summed E-state index contributed by atoms with van der Waals surface area (Å²) in [6, 6.07) is 18.6. The number of aromatic nitrogens is 4. The Hall–Kier alpha value is -2.97. The van der Waals surface area contributed by atoms with Crippen molar-refractivity contribution in [2.45, 2.75) is 20.1 Å². The summed E-state index contributed by atoms with van der Waals surface area (Å²) in [5.74, 6) is 1.74. The second kappa shape index (κ2) is 8.41. The van der Waals surface area contributed by atoms with Crippen LogP contribution in [0.5, 0.6) is 5.75 Å². The highest BCUT2D eigenvalue weighted by molar-refractivity contribution is 7.16. The molecule has 3 heterocycles. The normalized spacial score (nSPS) is 15.0. The summed E-state index contributed by atoms with van der Waals surface area (Å²) < 4.78 is 7.75. The van der Waals surface area contributed by atoms with Gasteiger partial charge in [0.15, 0.2) is 10.8 Å². The summed E-state index contributed by atoms with van der Waals surface area (Å²) in [6.07, 6.45) is 0. The molecule has 0 unspecified atom stereocenters. The number of benzene rings is 2. The largest absolute Gasteiger partial charge is 0.486 e. The smallest absolute Gasteiger partial charge is 0.234 e. The number of fused-ring (bicyclic) bond motifs is 1. The molecular formula is C22H24N6OS. The summed E-state index contributed by atoms with van der Waals surface area (Å²) in [5.41, 5.74) is 2.47. The van der Waals surface area contributed by atoms with E-state index in [2.05, 4.69) is 68.4 Å². The maximum absolute atomic E-state index is 5.89. The van der Waals surface area contributed by atoms with Crippen LogP contribution >= 0.6 is 11.3 Å². The van der Waals surface area contributed by atoms with Gasteiger partial charge in [-0.1, -0.05) is 41.7 Å². The number of para-hydroxylation sites is 1. The second-order valence-corrected chi connectivity index (χ2v) is 8.55. The number of ether oxygens (including phenoxy) is 1. The summed E-state index contributed by atoms with van der Waals surface area (Å²) in [5, 5.41) is 14.3. The third-order valence-corrected chi connectivity index (χ3v) is 6.18. The van der Waals surface area contributed by atoms with E-state index in [-0.39, 0.29) is 0 Å². The van der Waals surface area contributed by atoms with E-state index in [1.54, 1.807) is 0 Å². The van der Waals surface area contributed by atoms with Crippen molar-refractivity contribution in [1.82, 2.24) is 24.7 Å². The van der Waals surface area contributed by atoms with Gasteiger partial charge >= 0.3 is 0 Å². The molecule has 2 aromatic carbocycles. The number of anilines is 1. The SMILES string of the molecule is Cc1cccc(OCc2nn3c(CN4CCN(c5ccccc5)CC4)nnc3s2)c1. The lowest BCUT2D eigenvalue weighted by atomic mass is 10.2. The molecule has 0 aliphatic carbocycles. The van der Waals surface area contributed by atoms with Crippen LogP contribution in [-0.4, -0.2) is 50.9 Å². The minimum absolute atomic E-state index is 0.437. The average molecular weight is 421 g/mol. The molecule has 0 radical (unpaired) electrons. The Balaban J connectivity index is 1.20. The fourth-order valence-electron chi connectivity index (χ4n) is 3.71. The topological polar surface area (TPSA) is 58.8 Å². The summed E-state index contributed by atoms with van der Waals surface area (Å²) in [4.78, 5) is 5.66. The van der Waals surface area contributed by atoms with Gasteiger partial charge < -0.3 is 9.64 Å². The standard InChI is InChI=1S/C22H24N6OS/c1-17-6-5-9-19(14-17)29-16-21-25-28-20(23-24-22(28)30-21)15-26-10-12-27(13-11-26)18-7-3-2-4-8-18/h2-9,14H,10-13,15-16H2,1H3. The van der Waals surface area contributed by atoms with Crippen LogP contribution in [0.2, 0.25) is 0 Å². The van der Waals surface area contributed by atoms with Gasteiger partial charge in [0.1, 0.15) is 12.4 Å². The molecule has 1 aliphatic heterocycles. The molecule has 1 saturated heterocycles. The molecule has 154 valence electrons. The molecule has 2 aromatic heterocycles. The predicted octanol–water partition coefficient (Wildman–Crippen LogP) is 3.40. The van der Waals surface area contributed by atoms with Crippen molar-refractivity contribution >= 4 is 22.0 Å². The van der Waals surface area contributed by atoms with E-state index in [1.807, 2.05) is 22.7 Å². The molecule has 7 nitrogen and oxygen atoms in total. The van der Waals surface area contributed by atoms with Crippen LogP contribution in [0.25, 0.3) is 4.96 Å². The molecule has 0 atom stereocenters. The van der Waals surface area contributed by atoms with Crippen molar-refractivity contribution < 1.29 is 4.74 Å². The minimum Gasteiger partial charge on any atom is -0.486 e.